The summed E-state index contributed by atoms with van der Waals surface area (Å²) < 4.78 is 28.6. The van der Waals surface area contributed by atoms with Crippen LogP contribution in [0.3, 0.4) is 0 Å². The predicted molar refractivity (Wildman–Crippen MR) is 92.4 cm³/mol. The maximum atomic E-state index is 13.7. The van der Waals surface area contributed by atoms with Gasteiger partial charge in [0.25, 0.3) is 5.91 Å². The lowest BCUT2D eigenvalue weighted by atomic mass is 10.2. The molecule has 1 aromatic heterocycles. The molecule has 128 valence electrons. The Morgan fingerprint density at radius 3 is 2.40 bits per heavy atom. The monoisotopic (exact) mass is 361 g/mol. The molecule has 3 rings (SSSR count). The zero-order chi connectivity index (χ0) is 18.1. The van der Waals surface area contributed by atoms with Crippen molar-refractivity contribution in [3.8, 4) is 5.69 Å². The minimum absolute atomic E-state index is 0.352. The number of nitrogens with zero attached hydrogens (tertiary/aromatic N) is 2. The molecule has 0 radical (unpaired) electrons. The molecule has 0 aliphatic carbocycles. The Bertz CT molecular complexity index is 952. The summed E-state index contributed by atoms with van der Waals surface area (Å²) >= 11 is 6.14. The molecule has 0 saturated carbocycles. The van der Waals surface area contributed by atoms with Gasteiger partial charge in [0.15, 0.2) is 11.6 Å². The van der Waals surface area contributed by atoms with E-state index in [0.717, 1.165) is 23.1 Å². The fourth-order valence-corrected chi connectivity index (χ4v) is 2.56. The molecule has 2 aromatic carbocycles. The fraction of sp³-hybridized carbons (Fsp3) is 0.111. The van der Waals surface area contributed by atoms with E-state index in [2.05, 4.69) is 10.4 Å². The number of nitrogens with one attached hydrogen (secondary N) is 1. The first-order valence-corrected chi connectivity index (χ1v) is 7.84. The number of halogens is 3. The molecular weight excluding hydrogens is 348 g/mol. The van der Waals surface area contributed by atoms with Gasteiger partial charge in [-0.15, -0.1) is 0 Å². The molecule has 25 heavy (non-hydrogen) atoms. The first-order valence-electron chi connectivity index (χ1n) is 7.46. The molecule has 0 spiro atoms. The van der Waals surface area contributed by atoms with Gasteiger partial charge in [0.05, 0.1) is 27.7 Å². The third kappa shape index (κ3) is 3.25. The summed E-state index contributed by atoms with van der Waals surface area (Å²) in [5, 5.41) is 7.48. The van der Waals surface area contributed by atoms with Crippen LogP contribution in [0.25, 0.3) is 5.69 Å². The largest absolute Gasteiger partial charge is 0.322 e. The number of aromatic nitrogens is 2. The second-order valence-corrected chi connectivity index (χ2v) is 5.88. The molecule has 0 unspecified atom stereocenters. The maximum Gasteiger partial charge on any atom is 0.258 e. The average molecular weight is 362 g/mol. The van der Waals surface area contributed by atoms with Crippen LogP contribution in [0.15, 0.2) is 42.5 Å². The van der Waals surface area contributed by atoms with Gasteiger partial charge in [-0.2, -0.15) is 5.10 Å². The van der Waals surface area contributed by atoms with Gasteiger partial charge in [-0.05, 0) is 50.2 Å². The van der Waals surface area contributed by atoms with Gasteiger partial charge in [-0.3, -0.25) is 4.79 Å². The van der Waals surface area contributed by atoms with Crippen LogP contribution in [0.1, 0.15) is 21.7 Å². The highest BCUT2D eigenvalue weighted by Crippen LogP contribution is 2.23. The molecule has 3 aromatic rings. The van der Waals surface area contributed by atoms with E-state index >= 15 is 0 Å². The van der Waals surface area contributed by atoms with E-state index in [0.29, 0.717) is 10.7 Å². The van der Waals surface area contributed by atoms with Crippen molar-refractivity contribution in [2.24, 2.45) is 0 Å². The standard InChI is InChI=1S/C18H14ClF2N3O/c1-10-16(19)11(2)24(23-10)13-8-6-12(7-9-13)22-18(25)14-4-3-5-15(20)17(14)21/h3-9H,1-2H3,(H,22,25). The Kier molecular flexibility index (Phi) is 4.55. The lowest BCUT2D eigenvalue weighted by Gasteiger charge is -2.08. The number of amides is 1. The third-order valence-corrected chi connectivity index (χ3v) is 4.32. The normalized spacial score (nSPS) is 10.8. The van der Waals surface area contributed by atoms with Crippen LogP contribution in [-0.2, 0) is 0 Å². The van der Waals surface area contributed by atoms with E-state index in [1.54, 1.807) is 28.9 Å². The molecule has 0 fully saturated rings. The molecular formula is C18H14ClF2N3O. The fourth-order valence-electron chi connectivity index (χ4n) is 2.44. The molecule has 7 heteroatoms. The quantitative estimate of drug-likeness (QED) is 0.736. The maximum absolute atomic E-state index is 13.7. The number of carbonyl (C=O) groups is 1. The Morgan fingerprint density at radius 2 is 1.80 bits per heavy atom. The first kappa shape index (κ1) is 17.1. The summed E-state index contributed by atoms with van der Waals surface area (Å²) in [7, 11) is 0. The number of rotatable bonds is 3. The SMILES string of the molecule is Cc1nn(-c2ccc(NC(=O)c3cccc(F)c3F)cc2)c(C)c1Cl. The summed E-state index contributed by atoms with van der Waals surface area (Å²) in [6.45, 7) is 3.67. The molecule has 1 amide bonds. The minimum atomic E-state index is -1.17. The van der Waals surface area contributed by atoms with Crippen molar-refractivity contribution in [3.63, 3.8) is 0 Å². The summed E-state index contributed by atoms with van der Waals surface area (Å²) in [6.07, 6.45) is 0. The van der Waals surface area contributed by atoms with Crippen molar-refractivity contribution in [1.82, 2.24) is 9.78 Å². The molecule has 1 heterocycles. The van der Waals surface area contributed by atoms with Crippen molar-refractivity contribution in [2.45, 2.75) is 13.8 Å². The predicted octanol–water partition coefficient (Wildman–Crippen LogP) is 4.67. The number of benzene rings is 2. The van der Waals surface area contributed by atoms with Gasteiger partial charge in [-0.1, -0.05) is 17.7 Å². The number of aryl methyl sites for hydroxylation is 1. The smallest absolute Gasteiger partial charge is 0.258 e. The van der Waals surface area contributed by atoms with Crippen LogP contribution >= 0.6 is 11.6 Å². The van der Waals surface area contributed by atoms with Gasteiger partial charge in [0, 0.05) is 5.69 Å². The lowest BCUT2D eigenvalue weighted by Crippen LogP contribution is -2.14. The van der Waals surface area contributed by atoms with Crippen LogP contribution in [0.5, 0.6) is 0 Å². The van der Waals surface area contributed by atoms with Crippen molar-refractivity contribution in [1.29, 1.82) is 0 Å². The van der Waals surface area contributed by atoms with E-state index in [-0.39, 0.29) is 5.56 Å². The van der Waals surface area contributed by atoms with Crippen LogP contribution in [0.2, 0.25) is 5.02 Å². The minimum Gasteiger partial charge on any atom is -0.322 e. The van der Waals surface area contributed by atoms with Crippen molar-refractivity contribution in [3.05, 3.63) is 76.1 Å². The van der Waals surface area contributed by atoms with Gasteiger partial charge >= 0.3 is 0 Å². The third-order valence-electron chi connectivity index (χ3n) is 3.77. The molecule has 0 aliphatic rings. The van der Waals surface area contributed by atoms with Gasteiger partial charge in [-0.25, -0.2) is 13.5 Å². The van der Waals surface area contributed by atoms with E-state index < -0.39 is 17.5 Å². The number of carbonyl (C=O) groups excluding carboxylic acids is 1. The molecule has 0 aliphatic heterocycles. The zero-order valence-corrected chi connectivity index (χ0v) is 14.2. The summed E-state index contributed by atoms with van der Waals surface area (Å²) in [5.74, 6) is -2.96. The molecule has 0 bridgehead atoms. The molecule has 0 saturated heterocycles. The number of hydrogen-bond acceptors (Lipinski definition) is 2. The number of anilines is 1. The first-order chi connectivity index (χ1) is 11.9. The van der Waals surface area contributed by atoms with Gasteiger partial charge < -0.3 is 5.32 Å². The van der Waals surface area contributed by atoms with E-state index in [9.17, 15) is 13.6 Å². The Balaban J connectivity index is 1.82. The lowest BCUT2D eigenvalue weighted by molar-refractivity contribution is 0.102. The van der Waals surface area contributed by atoms with E-state index in [4.69, 9.17) is 11.6 Å². The average Bonchev–Trinajstić information content (AvgIpc) is 2.85. The molecule has 0 atom stereocenters. The van der Waals surface area contributed by atoms with Gasteiger partial charge in [0.1, 0.15) is 0 Å². The highest BCUT2D eigenvalue weighted by Gasteiger charge is 2.15. The van der Waals surface area contributed by atoms with Crippen molar-refractivity contribution >= 4 is 23.2 Å². The van der Waals surface area contributed by atoms with Crippen LogP contribution in [0, 0.1) is 25.5 Å². The van der Waals surface area contributed by atoms with Crippen molar-refractivity contribution < 1.29 is 13.6 Å². The topological polar surface area (TPSA) is 46.9 Å². The highest BCUT2D eigenvalue weighted by atomic mass is 35.5. The van der Waals surface area contributed by atoms with Crippen molar-refractivity contribution in [2.75, 3.05) is 5.32 Å². The molecule has 4 nitrogen and oxygen atoms in total. The summed E-state index contributed by atoms with van der Waals surface area (Å²) in [5.41, 5.74) is 2.39. The second-order valence-electron chi connectivity index (χ2n) is 5.50. The van der Waals surface area contributed by atoms with Gasteiger partial charge in [0.2, 0.25) is 0 Å². The van der Waals surface area contributed by atoms with E-state index in [1.807, 2.05) is 13.8 Å². The Labute approximate surface area is 148 Å². The molecule has 1 N–H and O–H groups in total. The highest BCUT2D eigenvalue weighted by molar-refractivity contribution is 6.31. The second kappa shape index (κ2) is 6.64. The Morgan fingerprint density at radius 1 is 1.12 bits per heavy atom. The number of hydrogen-bond donors (Lipinski definition) is 1. The zero-order valence-electron chi connectivity index (χ0n) is 13.5. The van der Waals surface area contributed by atoms with Crippen LogP contribution in [0.4, 0.5) is 14.5 Å². The van der Waals surface area contributed by atoms with Crippen LogP contribution in [-0.4, -0.2) is 15.7 Å². The summed E-state index contributed by atoms with van der Waals surface area (Å²) in [6, 6.07) is 10.2. The summed E-state index contributed by atoms with van der Waals surface area (Å²) in [4.78, 5) is 12.1. The van der Waals surface area contributed by atoms with Crippen LogP contribution < -0.4 is 5.32 Å². The van der Waals surface area contributed by atoms with E-state index in [1.165, 1.54) is 12.1 Å². The Hall–Kier alpha value is -2.73.